The molecule has 3 nitrogen and oxygen atoms in total. The molecule has 0 aliphatic heterocycles. The second kappa shape index (κ2) is 5.82. The van der Waals surface area contributed by atoms with Gasteiger partial charge in [-0.15, -0.1) is 0 Å². The Morgan fingerprint density at radius 2 is 1.94 bits per heavy atom. The molecule has 0 aliphatic carbocycles. The van der Waals surface area contributed by atoms with E-state index in [2.05, 4.69) is 5.32 Å². The maximum atomic E-state index is 12.1. The van der Waals surface area contributed by atoms with Crippen molar-refractivity contribution in [3.8, 4) is 0 Å². The first-order valence-corrected chi connectivity index (χ1v) is 5.93. The largest absolute Gasteiger partial charge is 0.396 e. The molecule has 1 atom stereocenters. The van der Waals surface area contributed by atoms with Crippen LogP contribution in [0, 0.1) is 5.92 Å². The first-order valence-electron chi connectivity index (χ1n) is 5.93. The molecule has 1 amide bonds. The minimum atomic E-state index is -0.545. The van der Waals surface area contributed by atoms with Crippen LogP contribution in [0.1, 0.15) is 26.3 Å². The second-order valence-electron chi connectivity index (χ2n) is 4.99. The second-order valence-corrected chi connectivity index (χ2v) is 4.99. The highest BCUT2D eigenvalue weighted by molar-refractivity contribution is 5.87. The third-order valence-corrected chi connectivity index (χ3v) is 2.99. The van der Waals surface area contributed by atoms with E-state index in [1.807, 2.05) is 51.1 Å². The molecule has 0 heterocycles. The van der Waals surface area contributed by atoms with Crippen LogP contribution in [0.25, 0.3) is 0 Å². The lowest BCUT2D eigenvalue weighted by molar-refractivity contribution is -0.125. The average molecular weight is 235 g/mol. The maximum absolute atomic E-state index is 12.1. The number of nitrogens with one attached hydrogen (secondary N) is 1. The van der Waals surface area contributed by atoms with Crippen LogP contribution in [0.5, 0.6) is 0 Å². The summed E-state index contributed by atoms with van der Waals surface area (Å²) in [5.41, 5.74) is 0.449. The first-order chi connectivity index (χ1) is 7.98. The van der Waals surface area contributed by atoms with Crippen LogP contribution in [-0.2, 0) is 10.2 Å². The van der Waals surface area contributed by atoms with Crippen LogP contribution >= 0.6 is 0 Å². The summed E-state index contributed by atoms with van der Waals surface area (Å²) in [7, 11) is 0. The van der Waals surface area contributed by atoms with E-state index in [0.29, 0.717) is 6.54 Å². The molecule has 0 radical (unpaired) electrons. The van der Waals surface area contributed by atoms with Crippen LogP contribution in [0.15, 0.2) is 30.3 Å². The van der Waals surface area contributed by atoms with E-state index in [4.69, 9.17) is 5.11 Å². The highest BCUT2D eigenvalue weighted by atomic mass is 16.3. The SMILES string of the molecule is CC(CO)CNC(=O)C(C)(C)c1ccccc1. The predicted octanol–water partition coefficient (Wildman–Crippen LogP) is 1.71. The molecule has 0 spiro atoms. The Morgan fingerprint density at radius 3 is 2.47 bits per heavy atom. The van der Waals surface area contributed by atoms with E-state index in [0.717, 1.165) is 5.56 Å². The number of aliphatic hydroxyl groups excluding tert-OH is 1. The smallest absolute Gasteiger partial charge is 0.230 e. The quantitative estimate of drug-likeness (QED) is 0.816. The fourth-order valence-corrected chi connectivity index (χ4v) is 1.54. The van der Waals surface area contributed by atoms with Gasteiger partial charge in [-0.25, -0.2) is 0 Å². The fraction of sp³-hybridized carbons (Fsp3) is 0.500. The van der Waals surface area contributed by atoms with E-state index < -0.39 is 5.41 Å². The molecule has 0 saturated heterocycles. The van der Waals surface area contributed by atoms with Crippen molar-refractivity contribution in [1.29, 1.82) is 0 Å². The molecule has 0 aliphatic rings. The number of hydrogen-bond acceptors (Lipinski definition) is 2. The zero-order valence-corrected chi connectivity index (χ0v) is 10.7. The molecular formula is C14H21NO2. The third-order valence-electron chi connectivity index (χ3n) is 2.99. The van der Waals surface area contributed by atoms with E-state index in [1.165, 1.54) is 0 Å². The van der Waals surface area contributed by atoms with Crippen molar-refractivity contribution in [2.24, 2.45) is 5.92 Å². The van der Waals surface area contributed by atoms with Gasteiger partial charge in [-0.1, -0.05) is 37.3 Å². The zero-order chi connectivity index (χ0) is 12.9. The van der Waals surface area contributed by atoms with Crippen LogP contribution in [0.4, 0.5) is 0 Å². The fourth-order valence-electron chi connectivity index (χ4n) is 1.54. The Kier molecular flexibility index (Phi) is 4.70. The van der Waals surface area contributed by atoms with Gasteiger partial charge in [0.1, 0.15) is 0 Å². The van der Waals surface area contributed by atoms with Gasteiger partial charge in [0.25, 0.3) is 0 Å². The van der Waals surface area contributed by atoms with E-state index in [-0.39, 0.29) is 18.4 Å². The summed E-state index contributed by atoms with van der Waals surface area (Å²) < 4.78 is 0. The molecule has 0 saturated carbocycles. The minimum absolute atomic E-state index is 0.0102. The van der Waals surface area contributed by atoms with Gasteiger partial charge in [-0.3, -0.25) is 4.79 Å². The number of carbonyl (C=O) groups is 1. The van der Waals surface area contributed by atoms with Crippen molar-refractivity contribution in [1.82, 2.24) is 5.32 Å². The molecular weight excluding hydrogens is 214 g/mol. The lowest BCUT2D eigenvalue weighted by Crippen LogP contribution is -2.42. The summed E-state index contributed by atoms with van der Waals surface area (Å²) in [6.07, 6.45) is 0. The Morgan fingerprint density at radius 1 is 1.35 bits per heavy atom. The molecule has 0 bridgehead atoms. The number of rotatable bonds is 5. The Hall–Kier alpha value is -1.35. The average Bonchev–Trinajstić information content (AvgIpc) is 2.36. The monoisotopic (exact) mass is 235 g/mol. The number of amides is 1. The number of aliphatic hydroxyl groups is 1. The molecule has 1 aromatic carbocycles. The molecule has 2 N–H and O–H groups in total. The standard InChI is InChI=1S/C14H21NO2/c1-11(10-16)9-15-13(17)14(2,3)12-7-5-4-6-8-12/h4-8,11,16H,9-10H2,1-3H3,(H,15,17). The van der Waals surface area contributed by atoms with Crippen LogP contribution in [0.2, 0.25) is 0 Å². The molecule has 1 unspecified atom stereocenters. The van der Waals surface area contributed by atoms with Crippen molar-refractivity contribution in [3.63, 3.8) is 0 Å². The Labute approximate surface area is 103 Å². The molecule has 17 heavy (non-hydrogen) atoms. The van der Waals surface area contributed by atoms with Gasteiger partial charge in [0.15, 0.2) is 0 Å². The van der Waals surface area contributed by atoms with Crippen molar-refractivity contribution >= 4 is 5.91 Å². The lowest BCUT2D eigenvalue weighted by Gasteiger charge is -2.25. The summed E-state index contributed by atoms with van der Waals surface area (Å²) in [5, 5.41) is 11.8. The van der Waals surface area contributed by atoms with E-state index in [9.17, 15) is 4.79 Å². The molecule has 94 valence electrons. The number of hydrogen-bond donors (Lipinski definition) is 2. The molecule has 1 rings (SSSR count). The van der Waals surface area contributed by atoms with Gasteiger partial charge < -0.3 is 10.4 Å². The first kappa shape index (κ1) is 13.7. The summed E-state index contributed by atoms with van der Waals surface area (Å²) in [6, 6.07) is 9.71. The van der Waals surface area contributed by atoms with Gasteiger partial charge >= 0.3 is 0 Å². The molecule has 0 aromatic heterocycles. The topological polar surface area (TPSA) is 49.3 Å². The van der Waals surface area contributed by atoms with Crippen molar-refractivity contribution < 1.29 is 9.90 Å². The molecule has 3 heteroatoms. The molecule has 1 aromatic rings. The highest BCUT2D eigenvalue weighted by Crippen LogP contribution is 2.22. The minimum Gasteiger partial charge on any atom is -0.396 e. The van der Waals surface area contributed by atoms with Gasteiger partial charge in [0.05, 0.1) is 5.41 Å². The Bertz CT molecular complexity index is 360. The van der Waals surface area contributed by atoms with Gasteiger partial charge in [0, 0.05) is 13.2 Å². The van der Waals surface area contributed by atoms with Crippen LogP contribution in [-0.4, -0.2) is 24.2 Å². The van der Waals surface area contributed by atoms with Gasteiger partial charge in [0.2, 0.25) is 5.91 Å². The highest BCUT2D eigenvalue weighted by Gasteiger charge is 2.29. The Balaban J connectivity index is 2.67. The van der Waals surface area contributed by atoms with Crippen molar-refractivity contribution in [2.45, 2.75) is 26.2 Å². The summed E-state index contributed by atoms with van der Waals surface area (Å²) in [4.78, 5) is 12.1. The zero-order valence-electron chi connectivity index (χ0n) is 10.7. The third kappa shape index (κ3) is 3.56. The van der Waals surface area contributed by atoms with Crippen molar-refractivity contribution in [2.75, 3.05) is 13.2 Å². The van der Waals surface area contributed by atoms with Gasteiger partial charge in [-0.2, -0.15) is 0 Å². The van der Waals surface area contributed by atoms with Crippen molar-refractivity contribution in [3.05, 3.63) is 35.9 Å². The van der Waals surface area contributed by atoms with E-state index >= 15 is 0 Å². The normalized spacial score (nSPS) is 13.2. The molecule has 0 fully saturated rings. The van der Waals surface area contributed by atoms with Gasteiger partial charge in [-0.05, 0) is 25.3 Å². The van der Waals surface area contributed by atoms with Crippen LogP contribution in [0.3, 0.4) is 0 Å². The number of benzene rings is 1. The predicted molar refractivity (Wildman–Crippen MR) is 68.7 cm³/mol. The van der Waals surface area contributed by atoms with E-state index in [1.54, 1.807) is 0 Å². The summed E-state index contributed by atoms with van der Waals surface area (Å²) in [5.74, 6) is 0.0783. The van der Waals surface area contributed by atoms with Crippen LogP contribution < -0.4 is 5.32 Å². The summed E-state index contributed by atoms with van der Waals surface area (Å²) in [6.45, 7) is 6.30. The lowest BCUT2D eigenvalue weighted by atomic mass is 9.83. The maximum Gasteiger partial charge on any atom is 0.230 e. The summed E-state index contributed by atoms with van der Waals surface area (Å²) >= 11 is 0. The number of carbonyl (C=O) groups excluding carboxylic acids is 1.